The van der Waals surface area contributed by atoms with Crippen molar-refractivity contribution >= 4 is 18.3 Å². The smallest absolute Gasteiger partial charge is 0.136 e. The summed E-state index contributed by atoms with van der Waals surface area (Å²) in [6.07, 6.45) is 2.17. The van der Waals surface area contributed by atoms with Crippen LogP contribution in [-0.2, 0) is 0 Å². The largest absolute Gasteiger partial charge is 0.456 e. The minimum Gasteiger partial charge on any atom is -0.456 e. The highest BCUT2D eigenvalue weighted by Crippen LogP contribution is 2.31. The fourth-order valence-corrected chi connectivity index (χ4v) is 2.59. The number of ether oxygens (including phenoxy) is 1. The van der Waals surface area contributed by atoms with Crippen molar-refractivity contribution in [3.63, 3.8) is 0 Å². The van der Waals surface area contributed by atoms with Gasteiger partial charge in [0.2, 0.25) is 0 Å². The molecule has 0 radical (unpaired) electrons. The third-order valence-electron chi connectivity index (χ3n) is 3.73. The molecule has 2 nitrogen and oxygen atoms in total. The zero-order chi connectivity index (χ0) is 14.1. The van der Waals surface area contributed by atoms with E-state index in [2.05, 4.69) is 55.7 Å². The van der Waals surface area contributed by atoms with E-state index in [1.54, 1.807) is 0 Å². The summed E-state index contributed by atoms with van der Waals surface area (Å²) in [6.45, 7) is 10.3. The Hall–Kier alpha value is -2.22. The molecule has 0 aromatic heterocycles. The van der Waals surface area contributed by atoms with Crippen molar-refractivity contribution in [1.82, 2.24) is 0 Å². The lowest BCUT2D eigenvalue weighted by Crippen LogP contribution is -2.22. The molecule has 0 saturated carbocycles. The van der Waals surface area contributed by atoms with Crippen molar-refractivity contribution in [3.8, 4) is 11.5 Å². The molecule has 2 heteroatoms. The average molecular weight is 265 g/mol. The summed E-state index contributed by atoms with van der Waals surface area (Å²) < 4.78 is 6.04. The van der Waals surface area contributed by atoms with Crippen molar-refractivity contribution in [2.45, 2.75) is 13.8 Å². The SMILES string of the molecule is C=c1ccc2c(c1)Oc1cc(N(CC)CC)ccc1C=2. The molecule has 0 spiro atoms. The van der Waals surface area contributed by atoms with Crippen LogP contribution in [0.25, 0.3) is 12.7 Å². The van der Waals surface area contributed by atoms with Gasteiger partial charge in [-0.25, -0.2) is 0 Å². The first-order valence-corrected chi connectivity index (χ1v) is 7.09. The first-order chi connectivity index (χ1) is 9.71. The molecule has 0 saturated heterocycles. The minimum atomic E-state index is 0.890. The first kappa shape index (κ1) is 12.8. The van der Waals surface area contributed by atoms with Crippen LogP contribution in [0.15, 0.2) is 36.4 Å². The van der Waals surface area contributed by atoms with E-state index in [0.29, 0.717) is 0 Å². The Labute approximate surface area is 119 Å². The number of rotatable bonds is 3. The van der Waals surface area contributed by atoms with Crippen LogP contribution < -0.4 is 20.1 Å². The summed E-state index contributed by atoms with van der Waals surface area (Å²) in [5.41, 5.74) is 2.33. The van der Waals surface area contributed by atoms with E-state index in [1.165, 1.54) is 5.69 Å². The number of anilines is 1. The molecule has 0 fully saturated rings. The summed E-state index contributed by atoms with van der Waals surface area (Å²) >= 11 is 0. The van der Waals surface area contributed by atoms with Gasteiger partial charge in [0.15, 0.2) is 0 Å². The molecule has 1 aliphatic rings. The van der Waals surface area contributed by atoms with Gasteiger partial charge in [0, 0.05) is 35.6 Å². The fraction of sp³-hybridized carbons (Fsp3) is 0.222. The standard InChI is InChI=1S/C18H19NO/c1-4-19(5-2)16-9-8-15-11-14-7-6-13(3)10-17(14)20-18(15)12-16/h6-12H,3-5H2,1-2H3. The van der Waals surface area contributed by atoms with Gasteiger partial charge in [-0.1, -0.05) is 18.7 Å². The van der Waals surface area contributed by atoms with Gasteiger partial charge in [0.1, 0.15) is 11.5 Å². The molecule has 0 atom stereocenters. The average Bonchev–Trinajstić information content (AvgIpc) is 2.46. The van der Waals surface area contributed by atoms with Crippen LogP contribution in [0.2, 0.25) is 0 Å². The van der Waals surface area contributed by atoms with Gasteiger partial charge in [-0.15, -0.1) is 0 Å². The second kappa shape index (κ2) is 5.04. The summed E-state index contributed by atoms with van der Waals surface area (Å²) in [4.78, 5) is 2.32. The van der Waals surface area contributed by atoms with Crippen LogP contribution in [0.4, 0.5) is 5.69 Å². The van der Waals surface area contributed by atoms with E-state index in [-0.39, 0.29) is 0 Å². The lowest BCUT2D eigenvalue weighted by atomic mass is 10.1. The highest BCUT2D eigenvalue weighted by atomic mass is 16.5. The Balaban J connectivity index is 2.08. The zero-order valence-corrected chi connectivity index (χ0v) is 12.0. The van der Waals surface area contributed by atoms with Gasteiger partial charge < -0.3 is 9.64 Å². The lowest BCUT2D eigenvalue weighted by Gasteiger charge is -2.23. The van der Waals surface area contributed by atoms with Gasteiger partial charge in [0.05, 0.1) is 0 Å². The molecule has 0 amide bonds. The molecule has 20 heavy (non-hydrogen) atoms. The Morgan fingerprint density at radius 2 is 1.80 bits per heavy atom. The summed E-state index contributed by atoms with van der Waals surface area (Å²) in [5, 5.41) is 2.08. The Morgan fingerprint density at radius 3 is 2.55 bits per heavy atom. The lowest BCUT2D eigenvalue weighted by molar-refractivity contribution is 0.473. The molecule has 102 valence electrons. The number of benzene rings is 2. The summed E-state index contributed by atoms with van der Waals surface area (Å²) in [5.74, 6) is 1.81. The second-order valence-corrected chi connectivity index (χ2v) is 5.01. The number of hydrogen-bond acceptors (Lipinski definition) is 2. The Morgan fingerprint density at radius 1 is 1.00 bits per heavy atom. The molecular weight excluding hydrogens is 246 g/mol. The van der Waals surface area contributed by atoms with Crippen LogP contribution in [0.3, 0.4) is 0 Å². The summed E-state index contributed by atoms with van der Waals surface area (Å²) in [7, 11) is 0. The van der Waals surface area contributed by atoms with Crippen molar-refractivity contribution in [3.05, 3.63) is 52.4 Å². The Kier molecular flexibility index (Phi) is 3.23. The van der Waals surface area contributed by atoms with E-state index in [9.17, 15) is 0 Å². The maximum absolute atomic E-state index is 6.04. The van der Waals surface area contributed by atoms with Gasteiger partial charge >= 0.3 is 0 Å². The zero-order valence-electron chi connectivity index (χ0n) is 12.0. The van der Waals surface area contributed by atoms with E-state index >= 15 is 0 Å². The third-order valence-corrected chi connectivity index (χ3v) is 3.73. The van der Waals surface area contributed by atoms with E-state index < -0.39 is 0 Å². The normalized spacial score (nSPS) is 11.9. The molecule has 3 rings (SSSR count). The fourth-order valence-electron chi connectivity index (χ4n) is 2.59. The van der Waals surface area contributed by atoms with Gasteiger partial charge in [-0.2, -0.15) is 0 Å². The van der Waals surface area contributed by atoms with E-state index in [4.69, 9.17) is 4.74 Å². The van der Waals surface area contributed by atoms with Crippen LogP contribution >= 0.6 is 0 Å². The highest BCUT2D eigenvalue weighted by Gasteiger charge is 2.12. The van der Waals surface area contributed by atoms with Gasteiger partial charge in [-0.3, -0.25) is 0 Å². The molecule has 0 N–H and O–H groups in total. The molecule has 0 aliphatic carbocycles. The number of nitrogens with zero attached hydrogens (tertiary/aromatic N) is 1. The number of fused-ring (bicyclic) bond motifs is 2. The van der Waals surface area contributed by atoms with E-state index in [1.807, 2.05) is 12.1 Å². The molecule has 2 aromatic rings. The maximum Gasteiger partial charge on any atom is 0.136 e. The molecule has 0 unspecified atom stereocenters. The van der Waals surface area contributed by atoms with Crippen molar-refractivity contribution in [2.75, 3.05) is 18.0 Å². The Bertz CT molecular complexity index is 744. The second-order valence-electron chi connectivity index (χ2n) is 5.01. The first-order valence-electron chi connectivity index (χ1n) is 7.09. The molecular formula is C18H19NO. The van der Waals surface area contributed by atoms with Crippen molar-refractivity contribution in [1.29, 1.82) is 0 Å². The van der Waals surface area contributed by atoms with Crippen LogP contribution in [0.1, 0.15) is 19.4 Å². The highest BCUT2D eigenvalue weighted by molar-refractivity contribution is 5.67. The molecule has 0 bridgehead atoms. The molecule has 1 aliphatic heterocycles. The van der Waals surface area contributed by atoms with Gasteiger partial charge in [0.25, 0.3) is 0 Å². The third kappa shape index (κ3) is 2.18. The van der Waals surface area contributed by atoms with Gasteiger partial charge in [-0.05, 0) is 43.3 Å². The van der Waals surface area contributed by atoms with Crippen LogP contribution in [0, 0.1) is 0 Å². The predicted molar refractivity (Wildman–Crippen MR) is 84.9 cm³/mol. The molecule has 2 aromatic carbocycles. The summed E-state index contributed by atoms with van der Waals surface area (Å²) in [6, 6.07) is 12.5. The van der Waals surface area contributed by atoms with Crippen molar-refractivity contribution < 1.29 is 4.74 Å². The van der Waals surface area contributed by atoms with Crippen LogP contribution in [0.5, 0.6) is 11.5 Å². The maximum atomic E-state index is 6.04. The molecule has 1 heterocycles. The monoisotopic (exact) mass is 265 g/mol. The number of hydrogen-bond donors (Lipinski definition) is 0. The predicted octanol–water partition coefficient (Wildman–Crippen LogP) is 2.88. The van der Waals surface area contributed by atoms with Crippen molar-refractivity contribution in [2.24, 2.45) is 0 Å². The topological polar surface area (TPSA) is 12.5 Å². The quantitative estimate of drug-likeness (QED) is 0.722. The minimum absolute atomic E-state index is 0.890. The van der Waals surface area contributed by atoms with E-state index in [0.717, 1.165) is 40.6 Å². The van der Waals surface area contributed by atoms with Crippen LogP contribution in [-0.4, -0.2) is 13.1 Å².